The van der Waals surface area contributed by atoms with Crippen molar-refractivity contribution >= 4 is 16.9 Å². The number of nitrogens with one attached hydrogen (secondary N) is 1. The van der Waals surface area contributed by atoms with Gasteiger partial charge in [0.1, 0.15) is 0 Å². The molecule has 2 aromatic rings. The molecule has 1 aromatic carbocycles. The molecule has 0 fully saturated rings. The molecule has 1 heterocycles. The summed E-state index contributed by atoms with van der Waals surface area (Å²) in [4.78, 5) is 24.8. The van der Waals surface area contributed by atoms with Crippen LogP contribution in [0.3, 0.4) is 0 Å². The third-order valence-electron chi connectivity index (χ3n) is 2.88. The first-order chi connectivity index (χ1) is 8.47. The topological polar surface area (TPSA) is 96.2 Å². The average molecular weight is 246 g/mol. The molecule has 0 aliphatic carbocycles. The molecule has 0 aliphatic rings. The fraction of sp³-hybridized carbons (Fsp3) is 0.231. The minimum atomic E-state index is -0.930. The molecule has 5 heteroatoms. The van der Waals surface area contributed by atoms with Gasteiger partial charge in [0, 0.05) is 17.1 Å². The summed E-state index contributed by atoms with van der Waals surface area (Å²) in [6.07, 6.45) is -0.117. The Kier molecular flexibility index (Phi) is 3.16. The predicted octanol–water partition coefficient (Wildman–Crippen LogP) is 1.31. The molecule has 1 atom stereocenters. The van der Waals surface area contributed by atoms with Gasteiger partial charge in [-0.15, -0.1) is 0 Å². The zero-order chi connectivity index (χ0) is 13.3. The van der Waals surface area contributed by atoms with Crippen LogP contribution in [0.25, 0.3) is 10.9 Å². The second kappa shape index (κ2) is 4.62. The van der Waals surface area contributed by atoms with Gasteiger partial charge in [-0.3, -0.25) is 9.59 Å². The first-order valence-electron chi connectivity index (χ1n) is 5.58. The monoisotopic (exact) mass is 246 g/mol. The van der Waals surface area contributed by atoms with Gasteiger partial charge in [-0.1, -0.05) is 6.07 Å². The van der Waals surface area contributed by atoms with Gasteiger partial charge in [-0.25, -0.2) is 0 Å². The van der Waals surface area contributed by atoms with Gasteiger partial charge in [0.15, 0.2) is 0 Å². The van der Waals surface area contributed by atoms with Crippen molar-refractivity contribution in [3.8, 4) is 0 Å². The van der Waals surface area contributed by atoms with Crippen LogP contribution in [0.2, 0.25) is 0 Å². The van der Waals surface area contributed by atoms with Gasteiger partial charge >= 0.3 is 5.97 Å². The van der Waals surface area contributed by atoms with Gasteiger partial charge in [-0.05, 0) is 36.1 Å². The molecule has 2 rings (SSSR count). The van der Waals surface area contributed by atoms with Crippen LogP contribution in [0.4, 0.5) is 0 Å². The van der Waals surface area contributed by atoms with Gasteiger partial charge in [0.25, 0.3) is 5.56 Å². The number of aromatic nitrogens is 1. The van der Waals surface area contributed by atoms with Crippen LogP contribution >= 0.6 is 0 Å². The fourth-order valence-corrected chi connectivity index (χ4v) is 1.87. The summed E-state index contributed by atoms with van der Waals surface area (Å²) in [6.45, 7) is 1.72. The Hall–Kier alpha value is -2.14. The van der Waals surface area contributed by atoms with E-state index >= 15 is 0 Å². The van der Waals surface area contributed by atoms with E-state index in [4.69, 9.17) is 10.8 Å². The van der Waals surface area contributed by atoms with Crippen LogP contribution < -0.4 is 11.3 Å². The molecular formula is C13H14N2O3. The molecule has 0 saturated carbocycles. The summed E-state index contributed by atoms with van der Waals surface area (Å²) in [6, 6.07) is 6.52. The molecule has 0 amide bonds. The van der Waals surface area contributed by atoms with Crippen molar-refractivity contribution < 1.29 is 9.90 Å². The molecule has 18 heavy (non-hydrogen) atoms. The van der Waals surface area contributed by atoms with E-state index in [1.54, 1.807) is 25.1 Å². The van der Waals surface area contributed by atoms with Gasteiger partial charge < -0.3 is 15.8 Å². The molecule has 5 nitrogen and oxygen atoms in total. The first kappa shape index (κ1) is 12.3. The lowest BCUT2D eigenvalue weighted by atomic mass is 10.0. The molecular weight excluding hydrogens is 232 g/mol. The largest absolute Gasteiger partial charge is 0.481 e. The molecule has 0 spiro atoms. The molecule has 0 radical (unpaired) electrons. The van der Waals surface area contributed by atoms with Gasteiger partial charge in [-0.2, -0.15) is 0 Å². The summed E-state index contributed by atoms with van der Waals surface area (Å²) < 4.78 is 0. The Morgan fingerprint density at radius 2 is 2.17 bits per heavy atom. The second-order valence-corrected chi connectivity index (χ2v) is 4.33. The van der Waals surface area contributed by atoms with E-state index in [-0.39, 0.29) is 12.0 Å². The summed E-state index contributed by atoms with van der Waals surface area (Å²) in [7, 11) is 0. The van der Waals surface area contributed by atoms with Crippen LogP contribution in [0, 0.1) is 6.92 Å². The van der Waals surface area contributed by atoms with E-state index in [0.29, 0.717) is 5.56 Å². The first-order valence-corrected chi connectivity index (χ1v) is 5.58. The summed E-state index contributed by atoms with van der Waals surface area (Å²) >= 11 is 0. The van der Waals surface area contributed by atoms with Crippen LogP contribution in [0.5, 0.6) is 0 Å². The fourth-order valence-electron chi connectivity index (χ4n) is 1.87. The predicted molar refractivity (Wildman–Crippen MR) is 68.5 cm³/mol. The average Bonchev–Trinajstić information content (AvgIpc) is 2.29. The number of aromatic amines is 1. The third kappa shape index (κ3) is 2.41. The number of nitrogens with two attached hydrogens (primary N) is 1. The number of benzene rings is 1. The number of hydrogen-bond acceptors (Lipinski definition) is 3. The Bertz CT molecular complexity index is 661. The number of aliphatic carboxylic acids is 1. The van der Waals surface area contributed by atoms with Crippen molar-refractivity contribution in [2.45, 2.75) is 19.4 Å². The molecule has 0 aliphatic heterocycles. The minimum absolute atomic E-state index is 0.117. The highest BCUT2D eigenvalue weighted by Gasteiger charge is 2.11. The number of carboxylic acid groups (broad SMARTS) is 1. The number of carboxylic acids is 1. The van der Waals surface area contributed by atoms with E-state index in [9.17, 15) is 9.59 Å². The summed E-state index contributed by atoms with van der Waals surface area (Å²) in [5.74, 6) is -0.930. The smallest absolute Gasteiger partial charge is 0.305 e. The van der Waals surface area contributed by atoms with Crippen molar-refractivity contribution in [3.63, 3.8) is 0 Å². The third-order valence-corrected chi connectivity index (χ3v) is 2.88. The van der Waals surface area contributed by atoms with Gasteiger partial charge in [0.2, 0.25) is 0 Å². The van der Waals surface area contributed by atoms with Crippen molar-refractivity contribution in [3.05, 3.63) is 45.7 Å². The summed E-state index contributed by atoms with van der Waals surface area (Å²) in [5, 5.41) is 9.56. The lowest BCUT2D eigenvalue weighted by molar-refractivity contribution is -0.137. The highest BCUT2D eigenvalue weighted by atomic mass is 16.4. The summed E-state index contributed by atoms with van der Waals surface area (Å²) in [5.41, 5.74) is 7.76. The number of aryl methyl sites for hydroxylation is 1. The zero-order valence-electron chi connectivity index (χ0n) is 9.93. The molecule has 0 bridgehead atoms. The quantitative estimate of drug-likeness (QED) is 0.760. The van der Waals surface area contributed by atoms with E-state index in [2.05, 4.69) is 4.98 Å². The number of pyridine rings is 1. The molecule has 94 valence electrons. The van der Waals surface area contributed by atoms with Crippen LogP contribution in [-0.4, -0.2) is 16.1 Å². The van der Waals surface area contributed by atoms with Crippen molar-refractivity contribution in [2.75, 3.05) is 0 Å². The Balaban J connectivity index is 2.47. The van der Waals surface area contributed by atoms with Gasteiger partial charge in [0.05, 0.1) is 6.42 Å². The van der Waals surface area contributed by atoms with Crippen LogP contribution in [0.1, 0.15) is 23.6 Å². The Morgan fingerprint density at radius 1 is 1.44 bits per heavy atom. The number of H-pyrrole nitrogens is 1. The number of carbonyl (C=O) groups is 1. The normalized spacial score (nSPS) is 12.6. The standard InChI is InChI=1S/C13H14N2O3/c1-7-4-9-5-8(10(14)6-12(16)17)2-3-11(9)15-13(7)18/h2-5,10H,6,14H2,1H3,(H,15,18)(H,16,17). The van der Waals surface area contributed by atoms with Crippen LogP contribution in [-0.2, 0) is 4.79 Å². The molecule has 1 unspecified atom stereocenters. The lowest BCUT2D eigenvalue weighted by Gasteiger charge is -2.10. The van der Waals surface area contributed by atoms with Crippen LogP contribution in [0.15, 0.2) is 29.1 Å². The van der Waals surface area contributed by atoms with Crippen molar-refractivity contribution in [1.29, 1.82) is 0 Å². The number of hydrogen-bond donors (Lipinski definition) is 3. The maximum atomic E-state index is 11.4. The van der Waals surface area contributed by atoms with E-state index in [1.165, 1.54) is 0 Å². The lowest BCUT2D eigenvalue weighted by Crippen LogP contribution is -2.15. The van der Waals surface area contributed by atoms with Crippen molar-refractivity contribution in [2.24, 2.45) is 5.73 Å². The molecule has 4 N–H and O–H groups in total. The number of fused-ring (bicyclic) bond motifs is 1. The zero-order valence-corrected chi connectivity index (χ0v) is 9.93. The Labute approximate surface area is 103 Å². The highest BCUT2D eigenvalue weighted by Crippen LogP contribution is 2.19. The van der Waals surface area contributed by atoms with E-state index in [1.807, 2.05) is 6.07 Å². The Morgan fingerprint density at radius 3 is 2.83 bits per heavy atom. The second-order valence-electron chi connectivity index (χ2n) is 4.33. The minimum Gasteiger partial charge on any atom is -0.481 e. The molecule has 1 aromatic heterocycles. The van der Waals surface area contributed by atoms with E-state index in [0.717, 1.165) is 16.5 Å². The van der Waals surface area contributed by atoms with Crippen molar-refractivity contribution in [1.82, 2.24) is 4.98 Å². The highest BCUT2D eigenvalue weighted by molar-refractivity contribution is 5.80. The maximum Gasteiger partial charge on any atom is 0.305 e. The van der Waals surface area contributed by atoms with E-state index < -0.39 is 12.0 Å². The molecule has 0 saturated heterocycles. The maximum absolute atomic E-state index is 11.4. The SMILES string of the molecule is Cc1cc2cc(C(N)CC(=O)O)ccc2[nH]c1=O. The number of rotatable bonds is 3.